The van der Waals surface area contributed by atoms with Crippen LogP contribution in [0.4, 0.5) is 13.2 Å². The number of unbranched alkanes of at least 4 members (excludes halogenated alkanes) is 3. The molecule has 0 nitrogen and oxygen atoms in total. The van der Waals surface area contributed by atoms with Crippen molar-refractivity contribution < 1.29 is 13.2 Å². The topological polar surface area (TPSA) is 0 Å². The lowest BCUT2D eigenvalue weighted by atomic mass is 9.76. The van der Waals surface area contributed by atoms with Crippen molar-refractivity contribution in [3.8, 4) is 22.3 Å². The van der Waals surface area contributed by atoms with Gasteiger partial charge < -0.3 is 0 Å². The van der Waals surface area contributed by atoms with Crippen LogP contribution in [0.3, 0.4) is 0 Å². The lowest BCUT2D eigenvalue weighted by Crippen LogP contribution is -2.14. The Morgan fingerprint density at radius 2 is 1.42 bits per heavy atom. The van der Waals surface area contributed by atoms with Crippen molar-refractivity contribution in [2.75, 3.05) is 0 Å². The molecule has 202 valence electrons. The molecule has 0 radical (unpaired) electrons. The van der Waals surface area contributed by atoms with Gasteiger partial charge in [0.25, 0.3) is 0 Å². The molecular weight excluding hydrogens is 477 g/mol. The summed E-state index contributed by atoms with van der Waals surface area (Å²) in [4.78, 5) is 0. The van der Waals surface area contributed by atoms with Crippen LogP contribution in [0.1, 0.15) is 95.1 Å². The molecule has 0 aliphatic heterocycles. The van der Waals surface area contributed by atoms with Gasteiger partial charge in [-0.25, -0.2) is 13.2 Å². The summed E-state index contributed by atoms with van der Waals surface area (Å²) in [5.41, 5.74) is 3.68. The molecule has 0 bridgehead atoms. The van der Waals surface area contributed by atoms with E-state index in [2.05, 4.69) is 6.92 Å². The maximum Gasteiger partial charge on any atom is 0.166 e. The summed E-state index contributed by atoms with van der Waals surface area (Å²) >= 11 is 0. The van der Waals surface area contributed by atoms with Crippen LogP contribution in [0.5, 0.6) is 0 Å². The average molecular weight is 519 g/mol. The van der Waals surface area contributed by atoms with Crippen LogP contribution in [0, 0.1) is 23.4 Å². The first kappa shape index (κ1) is 28.2. The minimum Gasteiger partial charge on any atom is -0.207 e. The minimum atomic E-state index is -0.828. The molecule has 0 heterocycles. The normalized spacial score (nSPS) is 17.8. The van der Waals surface area contributed by atoms with Gasteiger partial charge in [-0.05, 0) is 84.2 Å². The van der Waals surface area contributed by atoms with Crippen molar-refractivity contribution in [3.63, 3.8) is 0 Å². The molecule has 3 aromatic carbocycles. The van der Waals surface area contributed by atoms with E-state index in [-0.39, 0.29) is 11.4 Å². The summed E-state index contributed by atoms with van der Waals surface area (Å²) < 4.78 is 44.6. The highest BCUT2D eigenvalue weighted by atomic mass is 19.2. The molecule has 1 aliphatic rings. The van der Waals surface area contributed by atoms with E-state index in [1.165, 1.54) is 44.9 Å². The number of benzene rings is 3. The number of halogens is 3. The van der Waals surface area contributed by atoms with E-state index in [1.807, 2.05) is 43.3 Å². The molecule has 0 spiro atoms. The SMILES string of the molecule is CC/C=C\Cc1ccc(-c2ccc(-c3ccc(C4CCC(CCCCCC)CC4)c(F)c3)cc2)c(F)c1F. The first-order valence-corrected chi connectivity index (χ1v) is 14.5. The van der Waals surface area contributed by atoms with Gasteiger partial charge in [0.15, 0.2) is 11.6 Å². The van der Waals surface area contributed by atoms with Gasteiger partial charge in [-0.2, -0.15) is 0 Å². The third-order valence-corrected chi connectivity index (χ3v) is 8.18. The number of hydrogen-bond donors (Lipinski definition) is 0. The smallest absolute Gasteiger partial charge is 0.166 e. The van der Waals surface area contributed by atoms with Crippen LogP contribution in [0.2, 0.25) is 0 Å². The molecule has 1 fully saturated rings. The largest absolute Gasteiger partial charge is 0.207 e. The van der Waals surface area contributed by atoms with Crippen LogP contribution >= 0.6 is 0 Å². The molecule has 0 unspecified atom stereocenters. The Bertz CT molecular complexity index is 1200. The maximum atomic E-state index is 15.2. The average Bonchev–Trinajstić information content (AvgIpc) is 2.94. The fourth-order valence-electron chi connectivity index (χ4n) is 5.85. The van der Waals surface area contributed by atoms with Gasteiger partial charge >= 0.3 is 0 Å². The van der Waals surface area contributed by atoms with Gasteiger partial charge in [0.05, 0.1) is 0 Å². The molecule has 0 amide bonds. The van der Waals surface area contributed by atoms with Gasteiger partial charge in [-0.15, -0.1) is 0 Å². The zero-order valence-electron chi connectivity index (χ0n) is 22.9. The number of hydrogen-bond acceptors (Lipinski definition) is 0. The van der Waals surface area contributed by atoms with Crippen molar-refractivity contribution in [3.05, 3.63) is 95.3 Å². The quantitative estimate of drug-likeness (QED) is 0.175. The van der Waals surface area contributed by atoms with E-state index in [0.29, 0.717) is 23.5 Å². The Labute approximate surface area is 227 Å². The Hall–Kier alpha value is -2.81. The van der Waals surface area contributed by atoms with Crippen molar-refractivity contribution in [1.82, 2.24) is 0 Å². The summed E-state index contributed by atoms with van der Waals surface area (Å²) in [6, 6.07) is 16.1. The maximum absolute atomic E-state index is 15.2. The zero-order valence-corrected chi connectivity index (χ0v) is 22.9. The minimum absolute atomic E-state index is 0.140. The predicted molar refractivity (Wildman–Crippen MR) is 154 cm³/mol. The molecular formula is C35H41F3. The van der Waals surface area contributed by atoms with E-state index in [0.717, 1.165) is 41.9 Å². The third kappa shape index (κ3) is 6.98. The molecule has 4 rings (SSSR count). The zero-order chi connectivity index (χ0) is 26.9. The van der Waals surface area contributed by atoms with E-state index >= 15 is 4.39 Å². The van der Waals surface area contributed by atoms with E-state index in [4.69, 9.17) is 0 Å². The van der Waals surface area contributed by atoms with Crippen LogP contribution in [0.15, 0.2) is 66.7 Å². The van der Waals surface area contributed by atoms with E-state index in [9.17, 15) is 8.78 Å². The molecule has 1 aliphatic carbocycles. The Kier molecular flexibility index (Phi) is 10.3. The van der Waals surface area contributed by atoms with Crippen LogP contribution in [-0.2, 0) is 6.42 Å². The summed E-state index contributed by atoms with van der Waals surface area (Å²) in [6.07, 6.45) is 16.2. The highest BCUT2D eigenvalue weighted by Crippen LogP contribution is 2.39. The second kappa shape index (κ2) is 13.8. The highest BCUT2D eigenvalue weighted by molar-refractivity contribution is 5.71. The number of rotatable bonds is 11. The Balaban J connectivity index is 1.41. The summed E-state index contributed by atoms with van der Waals surface area (Å²) in [5.74, 6) is -0.659. The first-order chi connectivity index (χ1) is 18.5. The van der Waals surface area contributed by atoms with Crippen LogP contribution in [-0.4, -0.2) is 0 Å². The molecule has 0 N–H and O–H groups in total. The lowest BCUT2D eigenvalue weighted by Gasteiger charge is -2.29. The Morgan fingerprint density at radius 3 is 2.11 bits per heavy atom. The van der Waals surface area contributed by atoms with Crippen LogP contribution < -0.4 is 0 Å². The predicted octanol–water partition coefficient (Wildman–Crippen LogP) is 11.2. The fraction of sp³-hybridized carbons (Fsp3) is 0.429. The number of allylic oxidation sites excluding steroid dienone is 2. The van der Waals surface area contributed by atoms with Crippen molar-refractivity contribution in [1.29, 1.82) is 0 Å². The van der Waals surface area contributed by atoms with Crippen molar-refractivity contribution in [2.24, 2.45) is 5.92 Å². The van der Waals surface area contributed by atoms with Crippen molar-refractivity contribution in [2.45, 2.75) is 90.4 Å². The van der Waals surface area contributed by atoms with Crippen LogP contribution in [0.25, 0.3) is 22.3 Å². The first-order valence-electron chi connectivity index (χ1n) is 14.5. The second-order valence-corrected chi connectivity index (χ2v) is 10.9. The standard InChI is InChI=1S/C35H41F3/c1-3-5-7-9-10-25-12-14-27(15-13-25)31-22-21-30(24-33(31)36)26-16-18-28(19-17-26)32-23-20-29(11-8-6-4-2)34(37)35(32)38/h6,8,16-25,27H,3-5,7,9-15H2,1-2H3/b8-6-. The van der Waals surface area contributed by atoms with Gasteiger partial charge in [0.2, 0.25) is 0 Å². The van der Waals surface area contributed by atoms with Gasteiger partial charge in [-0.1, -0.05) is 107 Å². The molecule has 0 saturated heterocycles. The summed E-state index contributed by atoms with van der Waals surface area (Å²) in [6.45, 7) is 4.25. The molecule has 1 saturated carbocycles. The second-order valence-electron chi connectivity index (χ2n) is 10.9. The third-order valence-electron chi connectivity index (χ3n) is 8.18. The molecule has 3 aromatic rings. The molecule has 0 atom stereocenters. The van der Waals surface area contributed by atoms with Gasteiger partial charge in [-0.3, -0.25) is 0 Å². The highest BCUT2D eigenvalue weighted by Gasteiger charge is 2.24. The monoisotopic (exact) mass is 518 g/mol. The van der Waals surface area contributed by atoms with E-state index < -0.39 is 11.6 Å². The lowest BCUT2D eigenvalue weighted by molar-refractivity contribution is 0.298. The van der Waals surface area contributed by atoms with E-state index in [1.54, 1.807) is 30.3 Å². The Morgan fingerprint density at radius 1 is 0.711 bits per heavy atom. The molecule has 3 heteroatoms. The molecule has 0 aromatic heterocycles. The van der Waals surface area contributed by atoms with Gasteiger partial charge in [0.1, 0.15) is 5.82 Å². The van der Waals surface area contributed by atoms with Crippen molar-refractivity contribution >= 4 is 0 Å². The summed E-state index contributed by atoms with van der Waals surface area (Å²) in [7, 11) is 0. The fourth-order valence-corrected chi connectivity index (χ4v) is 5.85. The van der Waals surface area contributed by atoms with Gasteiger partial charge in [0, 0.05) is 5.56 Å². The summed E-state index contributed by atoms with van der Waals surface area (Å²) in [5, 5.41) is 0. The molecule has 38 heavy (non-hydrogen) atoms.